The van der Waals surface area contributed by atoms with Gasteiger partial charge >= 0.3 is 0 Å². The second kappa shape index (κ2) is 6.04. The van der Waals surface area contributed by atoms with Crippen LogP contribution in [0.4, 0.5) is 4.39 Å². The number of methoxy groups -OCH3 is 1. The molecule has 1 rings (SSSR count). The summed E-state index contributed by atoms with van der Waals surface area (Å²) in [6.07, 6.45) is 0. The first-order valence-electron chi connectivity index (χ1n) is 4.54. The van der Waals surface area contributed by atoms with Gasteiger partial charge in [-0.3, -0.25) is 9.63 Å². The number of phenolic OH excluding ortho intramolecular Hbond substituents is 1. The van der Waals surface area contributed by atoms with Crippen molar-refractivity contribution in [3.05, 3.63) is 29.6 Å². The van der Waals surface area contributed by atoms with E-state index in [0.29, 0.717) is 6.61 Å². The quantitative estimate of drug-likeness (QED) is 0.580. The van der Waals surface area contributed by atoms with Crippen LogP contribution in [-0.4, -0.2) is 31.3 Å². The van der Waals surface area contributed by atoms with Gasteiger partial charge in [0.1, 0.15) is 11.6 Å². The van der Waals surface area contributed by atoms with E-state index in [1.165, 1.54) is 13.2 Å². The van der Waals surface area contributed by atoms with Crippen molar-refractivity contribution in [2.24, 2.45) is 0 Å². The minimum Gasteiger partial charge on any atom is -0.507 e. The Labute approximate surface area is 91.7 Å². The number of halogens is 1. The first-order valence-corrected chi connectivity index (χ1v) is 4.54. The summed E-state index contributed by atoms with van der Waals surface area (Å²) in [7, 11) is 1.50. The fourth-order valence-corrected chi connectivity index (χ4v) is 0.993. The molecule has 1 aromatic carbocycles. The maximum Gasteiger partial charge on any atom is 0.278 e. The van der Waals surface area contributed by atoms with Gasteiger partial charge in [-0.1, -0.05) is 0 Å². The van der Waals surface area contributed by atoms with Crippen LogP contribution in [0, 0.1) is 5.82 Å². The zero-order valence-corrected chi connectivity index (χ0v) is 8.70. The summed E-state index contributed by atoms with van der Waals surface area (Å²) in [6, 6.07) is 3.09. The van der Waals surface area contributed by atoms with Crippen LogP contribution in [0.15, 0.2) is 18.2 Å². The molecular formula is C10H12FNO4. The summed E-state index contributed by atoms with van der Waals surface area (Å²) < 4.78 is 17.3. The third-order valence-electron chi connectivity index (χ3n) is 1.76. The lowest BCUT2D eigenvalue weighted by Gasteiger charge is -2.06. The van der Waals surface area contributed by atoms with Crippen molar-refractivity contribution in [3.8, 4) is 5.75 Å². The summed E-state index contributed by atoms with van der Waals surface area (Å²) in [4.78, 5) is 16.1. The predicted octanol–water partition coefficient (Wildman–Crippen LogP) is 0.839. The van der Waals surface area contributed by atoms with Gasteiger partial charge in [-0.05, 0) is 12.1 Å². The van der Waals surface area contributed by atoms with Gasteiger partial charge in [0.05, 0.1) is 18.8 Å². The number of hydrogen-bond donors (Lipinski definition) is 2. The minimum atomic E-state index is -0.645. The van der Waals surface area contributed by atoms with Crippen LogP contribution in [0.1, 0.15) is 10.4 Å². The van der Waals surface area contributed by atoms with Crippen LogP contribution in [0.5, 0.6) is 5.75 Å². The molecule has 0 spiro atoms. The monoisotopic (exact) mass is 229 g/mol. The van der Waals surface area contributed by atoms with E-state index in [1.54, 1.807) is 0 Å². The molecule has 0 unspecified atom stereocenters. The zero-order valence-electron chi connectivity index (χ0n) is 8.70. The lowest BCUT2D eigenvalue weighted by Crippen LogP contribution is -2.25. The highest BCUT2D eigenvalue weighted by Gasteiger charge is 2.11. The molecule has 0 aliphatic rings. The van der Waals surface area contributed by atoms with E-state index < -0.39 is 17.5 Å². The fraction of sp³-hybridized carbons (Fsp3) is 0.300. The largest absolute Gasteiger partial charge is 0.507 e. The Morgan fingerprint density at radius 1 is 1.50 bits per heavy atom. The summed E-state index contributed by atoms with van der Waals surface area (Å²) in [5.74, 6) is -1.70. The van der Waals surface area contributed by atoms with Crippen molar-refractivity contribution >= 4 is 5.91 Å². The first kappa shape index (κ1) is 12.4. The molecule has 0 radical (unpaired) electrons. The third-order valence-corrected chi connectivity index (χ3v) is 1.76. The number of phenols is 1. The molecule has 0 bridgehead atoms. The van der Waals surface area contributed by atoms with Gasteiger partial charge in [0.25, 0.3) is 5.91 Å². The molecule has 6 heteroatoms. The standard InChI is InChI=1S/C10H12FNO4/c1-15-4-5-16-12-10(14)8-3-2-7(11)6-9(8)13/h2-3,6,13H,4-5H2,1H3,(H,12,14). The lowest BCUT2D eigenvalue weighted by molar-refractivity contribution is 0.00874. The Balaban J connectivity index is 2.53. The van der Waals surface area contributed by atoms with Crippen LogP contribution in [0.3, 0.4) is 0 Å². The lowest BCUT2D eigenvalue weighted by atomic mass is 10.2. The average molecular weight is 229 g/mol. The normalized spacial score (nSPS) is 10.1. The maximum absolute atomic E-state index is 12.6. The van der Waals surface area contributed by atoms with Crippen molar-refractivity contribution < 1.29 is 23.9 Å². The predicted molar refractivity (Wildman–Crippen MR) is 53.4 cm³/mol. The van der Waals surface area contributed by atoms with Gasteiger partial charge in [0, 0.05) is 13.2 Å². The molecular weight excluding hydrogens is 217 g/mol. The summed E-state index contributed by atoms with van der Waals surface area (Å²) in [5, 5.41) is 9.28. The molecule has 0 aliphatic heterocycles. The fourth-order valence-electron chi connectivity index (χ4n) is 0.993. The highest BCUT2D eigenvalue weighted by atomic mass is 19.1. The molecule has 1 amide bonds. The molecule has 0 fully saturated rings. The minimum absolute atomic E-state index is 0.0567. The van der Waals surface area contributed by atoms with E-state index in [0.717, 1.165) is 12.1 Å². The smallest absolute Gasteiger partial charge is 0.278 e. The second-order valence-electron chi connectivity index (χ2n) is 2.93. The van der Waals surface area contributed by atoms with Crippen molar-refractivity contribution in [1.82, 2.24) is 5.48 Å². The SMILES string of the molecule is COCCONC(=O)c1ccc(F)cc1O. The van der Waals surface area contributed by atoms with Crippen molar-refractivity contribution in [2.45, 2.75) is 0 Å². The van der Waals surface area contributed by atoms with Crippen LogP contribution in [0.25, 0.3) is 0 Å². The number of nitrogens with one attached hydrogen (secondary N) is 1. The molecule has 0 saturated carbocycles. The number of aromatic hydroxyl groups is 1. The Bertz CT molecular complexity index is 370. The van der Waals surface area contributed by atoms with E-state index >= 15 is 0 Å². The number of carbonyl (C=O) groups is 1. The second-order valence-corrected chi connectivity index (χ2v) is 2.93. The molecule has 1 aromatic rings. The van der Waals surface area contributed by atoms with Gasteiger partial charge in [0.2, 0.25) is 0 Å². The number of amides is 1. The van der Waals surface area contributed by atoms with E-state index in [4.69, 9.17) is 9.57 Å². The van der Waals surface area contributed by atoms with E-state index in [1.807, 2.05) is 0 Å². The topological polar surface area (TPSA) is 67.8 Å². The van der Waals surface area contributed by atoms with Crippen molar-refractivity contribution in [2.75, 3.05) is 20.3 Å². The molecule has 2 N–H and O–H groups in total. The Morgan fingerprint density at radius 3 is 2.88 bits per heavy atom. The number of carbonyl (C=O) groups excluding carboxylic acids is 1. The van der Waals surface area contributed by atoms with E-state index in [2.05, 4.69) is 5.48 Å². The third kappa shape index (κ3) is 3.48. The van der Waals surface area contributed by atoms with Crippen molar-refractivity contribution in [1.29, 1.82) is 0 Å². The van der Waals surface area contributed by atoms with Gasteiger partial charge in [-0.2, -0.15) is 0 Å². The molecule has 0 saturated heterocycles. The number of benzene rings is 1. The average Bonchev–Trinajstić information content (AvgIpc) is 2.24. The summed E-state index contributed by atoms with van der Waals surface area (Å²) >= 11 is 0. The zero-order chi connectivity index (χ0) is 12.0. The Morgan fingerprint density at radius 2 is 2.25 bits per heavy atom. The summed E-state index contributed by atoms with van der Waals surface area (Å²) in [6.45, 7) is 0.514. The van der Waals surface area contributed by atoms with E-state index in [-0.39, 0.29) is 12.2 Å². The Kier molecular flexibility index (Phi) is 4.68. The molecule has 88 valence electrons. The van der Waals surface area contributed by atoms with Gasteiger partial charge in [-0.25, -0.2) is 9.87 Å². The molecule has 0 heterocycles. The molecule has 0 atom stereocenters. The van der Waals surface area contributed by atoms with Gasteiger partial charge in [0.15, 0.2) is 0 Å². The Hall–Kier alpha value is -1.66. The van der Waals surface area contributed by atoms with Gasteiger partial charge in [-0.15, -0.1) is 0 Å². The molecule has 0 aliphatic carbocycles. The highest BCUT2D eigenvalue weighted by Crippen LogP contribution is 2.17. The van der Waals surface area contributed by atoms with Crippen LogP contribution < -0.4 is 5.48 Å². The van der Waals surface area contributed by atoms with Gasteiger partial charge < -0.3 is 9.84 Å². The molecule has 5 nitrogen and oxygen atoms in total. The first-order chi connectivity index (χ1) is 7.65. The van der Waals surface area contributed by atoms with Crippen LogP contribution >= 0.6 is 0 Å². The maximum atomic E-state index is 12.6. The van der Waals surface area contributed by atoms with Crippen LogP contribution in [-0.2, 0) is 9.57 Å². The highest BCUT2D eigenvalue weighted by molar-refractivity contribution is 5.96. The number of ether oxygens (including phenoxy) is 1. The number of hydrogen-bond acceptors (Lipinski definition) is 4. The van der Waals surface area contributed by atoms with Crippen LogP contribution in [0.2, 0.25) is 0 Å². The summed E-state index contributed by atoms with van der Waals surface area (Å²) in [5.41, 5.74) is 2.04. The van der Waals surface area contributed by atoms with E-state index in [9.17, 15) is 14.3 Å². The molecule has 0 aromatic heterocycles. The van der Waals surface area contributed by atoms with Crippen molar-refractivity contribution in [3.63, 3.8) is 0 Å². The number of hydroxylamine groups is 1. The number of rotatable bonds is 5. The molecule has 16 heavy (non-hydrogen) atoms.